The molecule has 2 aliphatic heterocycles. The summed E-state index contributed by atoms with van der Waals surface area (Å²) in [5, 5.41) is 9.76. The van der Waals surface area contributed by atoms with Crippen molar-refractivity contribution in [3.63, 3.8) is 0 Å². The van der Waals surface area contributed by atoms with Gasteiger partial charge in [-0.1, -0.05) is 302 Å². The number of carbonyl (C=O) groups excluding carboxylic acids is 2. The molecule has 0 bridgehead atoms. The normalized spacial score (nSPS) is 13.8. The van der Waals surface area contributed by atoms with Gasteiger partial charge in [-0.2, -0.15) is 33.3 Å². The van der Waals surface area contributed by atoms with Crippen LogP contribution in [0.15, 0.2) is 230 Å². The number of rotatable bonds is 23. The molecule has 0 amide bonds. The molecule has 716 valence electrons. The molecule has 0 aromatic heterocycles. The minimum atomic E-state index is -3.47. The molecule has 135 heavy (non-hydrogen) atoms. The number of fused-ring (bicyclic) bond motifs is 2. The summed E-state index contributed by atoms with van der Waals surface area (Å²) in [5.41, 5.74) is 16.6. The van der Waals surface area contributed by atoms with E-state index in [1.807, 2.05) is 176 Å². The average molecular weight is 2140 g/mol. The number of benzene rings is 12. The zero-order valence-electron chi connectivity index (χ0n) is 78.5. The van der Waals surface area contributed by atoms with Crippen LogP contribution in [0.25, 0.3) is 66.8 Å². The summed E-state index contributed by atoms with van der Waals surface area (Å²) < 4.78 is 199. The van der Waals surface area contributed by atoms with Gasteiger partial charge in [0.2, 0.25) is 0 Å². The smallest absolute Gasteiger partial charge is 1.00 e. The molecule has 26 heteroatoms. The van der Waals surface area contributed by atoms with Crippen LogP contribution in [0.2, 0.25) is 0 Å². The van der Waals surface area contributed by atoms with E-state index in [-0.39, 0.29) is 154 Å². The number of allylic oxidation sites excluding steroid dienone is 1. The van der Waals surface area contributed by atoms with E-state index in [4.69, 9.17) is 28.4 Å². The second-order valence-corrected chi connectivity index (χ2v) is 33.2. The van der Waals surface area contributed by atoms with Gasteiger partial charge in [-0.3, -0.25) is 4.79 Å². The molecule has 3 atom stereocenters. The molecule has 9 nitrogen and oxygen atoms in total. The number of ether oxygens (including phenoxy) is 6. The number of methoxy groups -OCH3 is 4. The Bertz CT molecular complexity index is 5870. The Labute approximate surface area is 836 Å². The molecule has 0 saturated carbocycles. The molecule has 0 spiro atoms. The number of hydrogen-bond donors (Lipinski definition) is 1. The topological polar surface area (TPSA) is 110 Å². The van der Waals surface area contributed by atoms with Gasteiger partial charge >= 0.3 is 35.3 Å². The van der Waals surface area contributed by atoms with Gasteiger partial charge in [0.1, 0.15) is 16.4 Å². The van der Waals surface area contributed by atoms with Crippen LogP contribution in [-0.2, 0) is 48.1 Å². The summed E-state index contributed by atoms with van der Waals surface area (Å²) in [4.78, 5) is 22.1. The predicted molar refractivity (Wildman–Crippen MR) is 527 cm³/mol. The first-order chi connectivity index (χ1) is 63.5. The Morgan fingerprint density at radius 1 is 0.444 bits per heavy atom. The SMILES string of the molecule is BrBr.CCC(=O)Cc1ccc(-c2ccc(C)cc2)c(F)c1OC.CCC(Cc1ccc(-c2ccc(C)cc2)c(F)c1OC)=C(F)F.CCC(O)Cc1ccc(-c2ccc(C)cc2)c(F)c1OC.CCC1(Br)Cc2ccc(-c3ccc(C)cc3)c(F)c2OC1(F)F.CCC1Cc2ccc(-c3ccc(C)cc3)c(F)c2OC1(F)F.COc1c(CC=O)ccc(-c2ccc(C)cc2)c1F.[Br-].[CH2-]C.[Mg+2]. The van der Waals surface area contributed by atoms with Crippen LogP contribution in [0, 0.1) is 89.3 Å². The largest absolute Gasteiger partial charge is 2.00 e. The van der Waals surface area contributed by atoms with E-state index in [2.05, 4.69) is 51.1 Å². The minimum Gasteiger partial charge on any atom is -1.00 e. The van der Waals surface area contributed by atoms with Crippen molar-refractivity contribution in [3.05, 3.63) is 339 Å². The predicted octanol–water partition coefficient (Wildman–Crippen LogP) is 28.3. The fraction of sp³-hybridized carbons (Fsp3) is 0.294. The van der Waals surface area contributed by atoms with Crippen molar-refractivity contribution in [2.75, 3.05) is 28.4 Å². The number of halogens is 16. The van der Waals surface area contributed by atoms with Crippen LogP contribution < -0.4 is 45.4 Å². The van der Waals surface area contributed by atoms with Crippen molar-refractivity contribution in [1.82, 2.24) is 0 Å². The number of alkyl halides is 5. The molecule has 0 aliphatic carbocycles. The molecular formula is C109H112Br4F12MgO9. The Morgan fingerprint density at radius 3 is 1.04 bits per heavy atom. The van der Waals surface area contributed by atoms with Crippen molar-refractivity contribution in [3.8, 4) is 101 Å². The number of aldehydes is 1. The molecule has 1 N–H and O–H groups in total. The van der Waals surface area contributed by atoms with Gasteiger partial charge in [0.15, 0.2) is 69.4 Å². The fourth-order valence-electron chi connectivity index (χ4n) is 14.6. The zero-order valence-corrected chi connectivity index (χ0v) is 86.2. The number of ketones is 1. The molecule has 0 radical (unpaired) electrons. The summed E-state index contributed by atoms with van der Waals surface area (Å²) in [5.74, 6) is -4.15. The quantitative estimate of drug-likeness (QED) is 0.0220. The van der Waals surface area contributed by atoms with Gasteiger partial charge in [0, 0.05) is 117 Å². The average Bonchev–Trinajstić information content (AvgIpc) is 0.743. The second-order valence-electron chi connectivity index (χ2n) is 31.7. The fourth-order valence-corrected chi connectivity index (χ4v) is 15.0. The molecule has 12 aromatic rings. The minimum absolute atomic E-state index is 0. The Morgan fingerprint density at radius 2 is 0.741 bits per heavy atom. The third kappa shape index (κ3) is 30.2. The number of carbonyl (C=O) groups is 2. The van der Waals surface area contributed by atoms with Crippen LogP contribution in [0.1, 0.15) is 140 Å². The van der Waals surface area contributed by atoms with E-state index >= 15 is 0 Å². The number of Topliss-reactive ketones (excluding diaryl/α,β-unsaturated/α-hetero) is 1. The van der Waals surface area contributed by atoms with Gasteiger partial charge in [0.25, 0.3) is 6.08 Å². The first-order valence-electron chi connectivity index (χ1n) is 43.3. The zero-order chi connectivity index (χ0) is 98.4. The summed E-state index contributed by atoms with van der Waals surface area (Å²) in [6.45, 7) is 25.5. The molecule has 14 rings (SSSR count). The summed E-state index contributed by atoms with van der Waals surface area (Å²) >= 11 is 8.58. The van der Waals surface area contributed by atoms with Gasteiger partial charge < -0.3 is 62.2 Å². The van der Waals surface area contributed by atoms with Gasteiger partial charge in [-0.25, -0.2) is 26.3 Å². The first kappa shape index (κ1) is 116. The first-order valence-corrected chi connectivity index (χ1v) is 47.8. The third-order valence-corrected chi connectivity index (χ3v) is 23.9. The van der Waals surface area contributed by atoms with Crippen molar-refractivity contribution in [1.29, 1.82) is 0 Å². The van der Waals surface area contributed by atoms with Crippen molar-refractivity contribution in [2.45, 2.75) is 176 Å². The molecular weight excluding hydrogens is 2030 g/mol. The molecule has 0 saturated heterocycles. The number of hydrogen-bond acceptors (Lipinski definition) is 9. The molecule has 12 aromatic carbocycles. The molecule has 2 aliphatic rings. The molecule has 0 fully saturated rings. The van der Waals surface area contributed by atoms with E-state index in [1.165, 1.54) is 28.4 Å². The van der Waals surface area contributed by atoms with Crippen molar-refractivity contribution in [2.24, 2.45) is 5.92 Å². The molecule has 2 heterocycles. The summed E-state index contributed by atoms with van der Waals surface area (Å²) in [6, 6.07) is 65.2. The number of aryl methyl sites for hydroxylation is 6. The van der Waals surface area contributed by atoms with Gasteiger partial charge in [-0.15, -0.1) is 0 Å². The van der Waals surface area contributed by atoms with Gasteiger partial charge in [0.05, 0.1) is 40.5 Å². The Kier molecular flexibility index (Phi) is 47.2. The van der Waals surface area contributed by atoms with E-state index in [0.29, 0.717) is 86.0 Å². The number of aliphatic hydroxyl groups excluding tert-OH is 1. The van der Waals surface area contributed by atoms with Gasteiger partial charge in [-0.05, 0) is 129 Å². The third-order valence-electron chi connectivity index (χ3n) is 22.6. The van der Waals surface area contributed by atoms with Crippen molar-refractivity contribution >= 4 is 79.3 Å². The van der Waals surface area contributed by atoms with Crippen LogP contribution >= 0.6 is 44.2 Å². The summed E-state index contributed by atoms with van der Waals surface area (Å²) in [6.07, 6.45) is -5.66. The number of aliphatic hydroxyl groups is 1. The van der Waals surface area contributed by atoms with E-state index in [9.17, 15) is 67.4 Å². The van der Waals surface area contributed by atoms with E-state index in [1.54, 1.807) is 126 Å². The molecule has 3 unspecified atom stereocenters. The monoisotopic (exact) mass is 2130 g/mol. The Hall–Kier alpha value is -9.67. The van der Waals surface area contributed by atoms with E-state index < -0.39 is 63.7 Å². The maximum absolute atomic E-state index is 14.8. The van der Waals surface area contributed by atoms with E-state index in [0.717, 1.165) is 61.9 Å². The maximum Gasteiger partial charge on any atom is 2.00 e. The maximum atomic E-state index is 14.8. The van der Waals surface area contributed by atoms with Crippen molar-refractivity contribution < 1.29 is 113 Å². The van der Waals surface area contributed by atoms with Crippen LogP contribution in [0.3, 0.4) is 0 Å². The standard InChI is InChI=1S/C19H19F3O.C18H16BrF3O.C18H17F3O.C18H21FO2.C18H19FO2.C16H15FO2.C2H5.Br2.BrH.Mg/c1-4-13(19(21)22)11-15-9-10-16(17(20)18(15)23-3)14-7-5-12(2)6-8-14;1-3-17(19)10-13-8-9-14(12-6-4-11(2)5-7-12)15(20)16(13)23-18(17,21)22;1-3-14-10-13-8-9-15(12-6-4-11(2)5-7-12)16(19)17(13)22-18(14,20)21;2*1-4-15(20)11-14-9-10-16(17(19)18(14)21-3)13-7-5-12(2)6-8-13;1-11-3-5-12(6-4-11)14-8-7-13(9-10-18)16(19-2)15(14)17;2*1-2;;/h5-10H,4,11H2,1-3H3;4-9H,3,10H2,1-2H3;4-9,14H,3,10H2,1-2H3;5-10,15,20H,4,11H2,1-3H3;5-10H,4,11H2,1-3H3;3-8,10H,9H2,1-2H3;1H2,2H3;;1H;/q;;;;;;-1;;;+2/p-1. The van der Waals surface area contributed by atoms with Crippen LogP contribution in [0.5, 0.6) is 34.5 Å². The van der Waals surface area contributed by atoms with Crippen LogP contribution in [-0.4, -0.2) is 91.3 Å². The Balaban J connectivity index is 0.000000283. The second kappa shape index (κ2) is 55.1. The van der Waals surface area contributed by atoms with Crippen LogP contribution in [0.4, 0.5) is 52.7 Å². The summed E-state index contributed by atoms with van der Waals surface area (Å²) in [7, 11) is 5.64.